The minimum Gasteiger partial charge on any atom is -0.480 e. The minimum atomic E-state index is -0.376. The number of benzene rings is 2. The van der Waals surface area contributed by atoms with Gasteiger partial charge >= 0.3 is 0 Å². The Morgan fingerprint density at radius 1 is 0.957 bits per heavy atom. The molecule has 0 N–H and O–H groups in total. The van der Waals surface area contributed by atoms with Gasteiger partial charge in [0.25, 0.3) is 0 Å². The maximum atomic E-state index is 13.0. The molecule has 0 bridgehead atoms. The number of fused-ring (bicyclic) bond motifs is 1. The summed E-state index contributed by atoms with van der Waals surface area (Å²) in [6.07, 6.45) is 1.56. The van der Waals surface area contributed by atoms with Crippen molar-refractivity contribution in [1.82, 2.24) is 0 Å². The van der Waals surface area contributed by atoms with Crippen LogP contribution in [0.15, 0.2) is 77.0 Å². The van der Waals surface area contributed by atoms with Gasteiger partial charge in [-0.25, -0.2) is 0 Å². The first-order valence-corrected chi connectivity index (χ1v) is 8.36. The number of carbonyl (C=O) groups is 1. The highest BCUT2D eigenvalue weighted by Crippen LogP contribution is 2.39. The molecule has 0 spiro atoms. The van der Waals surface area contributed by atoms with E-state index >= 15 is 0 Å². The summed E-state index contributed by atoms with van der Waals surface area (Å²) in [4.78, 5) is 13.0. The summed E-state index contributed by atoms with van der Waals surface area (Å²) in [6, 6.07) is 19.3. The molecule has 1 atom stereocenters. The number of hydrogen-bond acceptors (Lipinski definition) is 3. The van der Waals surface area contributed by atoms with Crippen LogP contribution in [-0.4, -0.2) is 5.78 Å². The summed E-state index contributed by atoms with van der Waals surface area (Å²) in [5.41, 5.74) is 3.31. The maximum Gasteiger partial charge on any atom is 0.196 e. The molecule has 0 amide bonds. The monoisotopic (exact) mass is 318 g/mol. The minimum absolute atomic E-state index is 0.0342. The van der Waals surface area contributed by atoms with Gasteiger partial charge in [0, 0.05) is 5.57 Å². The predicted molar refractivity (Wildman–Crippen MR) is 92.9 cm³/mol. The molecule has 4 rings (SSSR count). The van der Waals surface area contributed by atoms with Crippen molar-refractivity contribution in [2.75, 3.05) is 0 Å². The Hall–Kier alpha value is -2.65. The zero-order valence-electron chi connectivity index (χ0n) is 12.3. The molecule has 0 aliphatic carbocycles. The quantitative estimate of drug-likeness (QED) is 0.611. The first-order valence-electron chi connectivity index (χ1n) is 7.42. The number of hydrogen-bond donors (Lipinski definition) is 0. The highest BCUT2D eigenvalue weighted by Gasteiger charge is 2.32. The fraction of sp³-hybridized carbons (Fsp3) is 0.0500. The Kier molecular flexibility index (Phi) is 3.56. The van der Waals surface area contributed by atoms with E-state index in [1.54, 1.807) is 11.3 Å². The molecule has 23 heavy (non-hydrogen) atoms. The van der Waals surface area contributed by atoms with Crippen LogP contribution in [-0.2, 0) is 0 Å². The van der Waals surface area contributed by atoms with Crippen LogP contribution < -0.4 is 4.74 Å². The summed E-state index contributed by atoms with van der Waals surface area (Å²) in [5.74, 6) is 0.681. The van der Waals surface area contributed by atoms with Crippen molar-refractivity contribution < 1.29 is 9.53 Å². The van der Waals surface area contributed by atoms with Crippen molar-refractivity contribution in [3.05, 3.63) is 93.7 Å². The third-order valence-electron chi connectivity index (χ3n) is 3.89. The normalized spacial score (nSPS) is 18.5. The van der Waals surface area contributed by atoms with E-state index in [1.165, 1.54) is 0 Å². The van der Waals surface area contributed by atoms with Crippen LogP contribution in [0.2, 0.25) is 0 Å². The van der Waals surface area contributed by atoms with Gasteiger partial charge in [0.1, 0.15) is 5.75 Å². The molecular formula is C20H14O2S. The zero-order valence-corrected chi connectivity index (χ0v) is 13.1. The lowest BCUT2D eigenvalue weighted by atomic mass is 9.90. The summed E-state index contributed by atoms with van der Waals surface area (Å²) in [5, 5.41) is 4.04. The third-order valence-corrected chi connectivity index (χ3v) is 4.59. The molecule has 1 aromatic heterocycles. The van der Waals surface area contributed by atoms with E-state index in [9.17, 15) is 4.79 Å². The molecule has 0 fully saturated rings. The first kappa shape index (κ1) is 14.0. The van der Waals surface area contributed by atoms with Crippen molar-refractivity contribution in [3.63, 3.8) is 0 Å². The second-order valence-corrected chi connectivity index (χ2v) is 6.17. The molecule has 1 unspecified atom stereocenters. The van der Waals surface area contributed by atoms with Gasteiger partial charge in [-0.15, -0.1) is 0 Å². The van der Waals surface area contributed by atoms with Crippen molar-refractivity contribution >= 4 is 23.2 Å². The molecule has 2 aromatic carbocycles. The van der Waals surface area contributed by atoms with Crippen LogP contribution in [0.4, 0.5) is 0 Å². The van der Waals surface area contributed by atoms with Crippen molar-refractivity contribution in [1.29, 1.82) is 0 Å². The van der Waals surface area contributed by atoms with Crippen LogP contribution in [0.25, 0.3) is 6.08 Å². The molecule has 2 nitrogen and oxygen atoms in total. The van der Waals surface area contributed by atoms with E-state index in [0.29, 0.717) is 16.9 Å². The Bertz CT molecular complexity index is 864. The molecular weight excluding hydrogens is 304 g/mol. The highest BCUT2D eigenvalue weighted by molar-refractivity contribution is 7.08. The van der Waals surface area contributed by atoms with Crippen molar-refractivity contribution in [3.8, 4) is 5.75 Å². The topological polar surface area (TPSA) is 26.3 Å². The molecule has 2 heterocycles. The fourth-order valence-electron chi connectivity index (χ4n) is 2.78. The predicted octanol–water partition coefficient (Wildman–Crippen LogP) is 5.15. The fourth-order valence-corrected chi connectivity index (χ4v) is 3.39. The van der Waals surface area contributed by atoms with Crippen LogP contribution in [0.1, 0.15) is 27.6 Å². The second kappa shape index (κ2) is 5.86. The summed E-state index contributed by atoms with van der Waals surface area (Å²) in [7, 11) is 0. The smallest absolute Gasteiger partial charge is 0.196 e. The molecule has 0 saturated heterocycles. The standard InChI is InChI=1S/C20H14O2S/c21-19-16-8-4-5-9-18(16)22-20(15-6-2-1-3-7-15)17(19)12-14-10-11-23-13-14/h1-13,20H/b17-12-. The molecule has 112 valence electrons. The van der Waals surface area contributed by atoms with Gasteiger partial charge in [-0.3, -0.25) is 4.79 Å². The Morgan fingerprint density at radius 2 is 1.74 bits per heavy atom. The van der Waals surface area contributed by atoms with E-state index in [-0.39, 0.29) is 11.9 Å². The van der Waals surface area contributed by atoms with Crippen LogP contribution in [0.3, 0.4) is 0 Å². The second-order valence-electron chi connectivity index (χ2n) is 5.39. The molecule has 1 aliphatic rings. The van der Waals surface area contributed by atoms with Gasteiger partial charge in [-0.05, 0) is 46.2 Å². The van der Waals surface area contributed by atoms with Gasteiger partial charge < -0.3 is 4.74 Å². The maximum absolute atomic E-state index is 13.0. The van der Waals surface area contributed by atoms with Crippen molar-refractivity contribution in [2.24, 2.45) is 0 Å². The van der Waals surface area contributed by atoms with E-state index in [1.807, 2.05) is 77.5 Å². The molecule has 1 aliphatic heterocycles. The van der Waals surface area contributed by atoms with E-state index in [2.05, 4.69) is 0 Å². The molecule has 3 aromatic rings. The van der Waals surface area contributed by atoms with E-state index in [0.717, 1.165) is 11.1 Å². The highest BCUT2D eigenvalue weighted by atomic mass is 32.1. The van der Waals surface area contributed by atoms with Crippen LogP contribution >= 0.6 is 11.3 Å². The average Bonchev–Trinajstić information content (AvgIpc) is 3.11. The van der Waals surface area contributed by atoms with Gasteiger partial charge in [0.15, 0.2) is 11.9 Å². The molecule has 0 saturated carbocycles. The summed E-state index contributed by atoms with van der Waals surface area (Å²) in [6.45, 7) is 0. The van der Waals surface area contributed by atoms with Crippen molar-refractivity contribution in [2.45, 2.75) is 6.10 Å². The summed E-state index contributed by atoms with van der Waals surface area (Å²) >= 11 is 1.62. The SMILES string of the molecule is O=C1/C(=C/c2ccsc2)C(c2ccccc2)Oc2ccccc21. The Morgan fingerprint density at radius 3 is 2.52 bits per heavy atom. The van der Waals surface area contributed by atoms with E-state index in [4.69, 9.17) is 4.74 Å². The number of carbonyl (C=O) groups excluding carboxylic acids is 1. The number of ether oxygens (including phenoxy) is 1. The Labute approximate surface area is 138 Å². The van der Waals surface area contributed by atoms with Crippen LogP contribution in [0, 0.1) is 0 Å². The number of Topliss-reactive ketones (excluding diaryl/α,β-unsaturated/α-hetero) is 1. The van der Waals surface area contributed by atoms with Gasteiger partial charge in [0.05, 0.1) is 5.56 Å². The lowest BCUT2D eigenvalue weighted by Gasteiger charge is -2.28. The first-order chi connectivity index (χ1) is 11.3. The number of rotatable bonds is 2. The molecule has 3 heteroatoms. The van der Waals surface area contributed by atoms with E-state index < -0.39 is 0 Å². The molecule has 0 radical (unpaired) electrons. The van der Waals surface area contributed by atoms with Gasteiger partial charge in [-0.1, -0.05) is 42.5 Å². The zero-order chi connectivity index (χ0) is 15.6. The van der Waals surface area contributed by atoms with Crippen LogP contribution in [0.5, 0.6) is 5.75 Å². The number of para-hydroxylation sites is 1. The van der Waals surface area contributed by atoms with Gasteiger partial charge in [-0.2, -0.15) is 11.3 Å². The average molecular weight is 318 g/mol. The Balaban J connectivity index is 1.87. The third kappa shape index (κ3) is 2.60. The lowest BCUT2D eigenvalue weighted by molar-refractivity contribution is 0.0963. The number of ketones is 1. The number of thiophene rings is 1. The summed E-state index contributed by atoms with van der Waals surface area (Å²) < 4.78 is 6.16. The largest absolute Gasteiger partial charge is 0.480 e. The lowest BCUT2D eigenvalue weighted by Crippen LogP contribution is -2.23. The van der Waals surface area contributed by atoms with Gasteiger partial charge in [0.2, 0.25) is 0 Å².